The van der Waals surface area contributed by atoms with E-state index in [2.05, 4.69) is 11.9 Å². The molecule has 0 saturated heterocycles. The van der Waals surface area contributed by atoms with Gasteiger partial charge in [0.15, 0.2) is 0 Å². The average molecular weight is 239 g/mol. The number of carboxylic acid groups (broad SMARTS) is 1. The van der Waals surface area contributed by atoms with Gasteiger partial charge in [0.2, 0.25) is 5.91 Å². The summed E-state index contributed by atoms with van der Waals surface area (Å²) in [6.07, 6.45) is 5.84. The molecule has 2 atom stereocenters. The number of rotatable bonds is 5. The van der Waals surface area contributed by atoms with Crippen LogP contribution in [-0.2, 0) is 9.59 Å². The van der Waals surface area contributed by atoms with Crippen molar-refractivity contribution in [2.45, 2.75) is 51.0 Å². The van der Waals surface area contributed by atoms with Gasteiger partial charge in [-0.25, -0.2) is 4.79 Å². The monoisotopic (exact) mass is 239 g/mol. The van der Waals surface area contributed by atoms with Gasteiger partial charge in [-0.2, -0.15) is 0 Å². The molecule has 0 bridgehead atoms. The van der Waals surface area contributed by atoms with Gasteiger partial charge in [-0.3, -0.25) is 4.79 Å². The van der Waals surface area contributed by atoms with Gasteiger partial charge >= 0.3 is 5.97 Å². The summed E-state index contributed by atoms with van der Waals surface area (Å²) in [7, 11) is 0. The third kappa shape index (κ3) is 3.08. The SMILES string of the molecule is C=CCCC(=O)NC1(C(=O)O)CCCCC1C. The Morgan fingerprint density at radius 1 is 1.53 bits per heavy atom. The standard InChI is InChI=1S/C13H21NO3/c1-3-4-8-11(15)14-13(12(16)17)9-6-5-7-10(13)2/h3,10H,1,4-9H2,2H3,(H,14,15)(H,16,17). The molecule has 4 nitrogen and oxygen atoms in total. The maximum atomic E-state index is 11.7. The summed E-state index contributed by atoms with van der Waals surface area (Å²) in [6, 6.07) is 0. The summed E-state index contributed by atoms with van der Waals surface area (Å²) in [5, 5.41) is 12.1. The number of carboxylic acids is 1. The molecule has 1 saturated carbocycles. The van der Waals surface area contributed by atoms with Gasteiger partial charge in [0.05, 0.1) is 0 Å². The van der Waals surface area contributed by atoms with E-state index in [0.717, 1.165) is 19.3 Å². The van der Waals surface area contributed by atoms with Crippen LogP contribution in [0.3, 0.4) is 0 Å². The van der Waals surface area contributed by atoms with Crippen LogP contribution in [0.15, 0.2) is 12.7 Å². The molecular weight excluding hydrogens is 218 g/mol. The van der Waals surface area contributed by atoms with Crippen molar-refractivity contribution in [1.82, 2.24) is 5.32 Å². The lowest BCUT2D eigenvalue weighted by molar-refractivity contribution is -0.152. The topological polar surface area (TPSA) is 66.4 Å². The van der Waals surface area contributed by atoms with E-state index in [1.165, 1.54) is 0 Å². The fourth-order valence-electron chi connectivity index (χ4n) is 2.45. The first kappa shape index (κ1) is 13.7. The van der Waals surface area contributed by atoms with Gasteiger partial charge in [-0.1, -0.05) is 25.8 Å². The molecular formula is C13H21NO3. The van der Waals surface area contributed by atoms with Gasteiger partial charge in [0.1, 0.15) is 5.54 Å². The number of aliphatic carboxylic acids is 1. The molecule has 4 heteroatoms. The molecule has 0 heterocycles. The first-order valence-corrected chi connectivity index (χ1v) is 6.18. The molecule has 0 aromatic rings. The van der Waals surface area contributed by atoms with Crippen LogP contribution in [0.1, 0.15) is 45.4 Å². The van der Waals surface area contributed by atoms with E-state index in [0.29, 0.717) is 19.3 Å². The highest BCUT2D eigenvalue weighted by Crippen LogP contribution is 2.34. The van der Waals surface area contributed by atoms with Crippen molar-refractivity contribution < 1.29 is 14.7 Å². The number of hydrogen-bond donors (Lipinski definition) is 2. The second-order valence-corrected chi connectivity index (χ2v) is 4.80. The average Bonchev–Trinajstić information content (AvgIpc) is 2.29. The zero-order chi connectivity index (χ0) is 12.9. The van der Waals surface area contributed by atoms with E-state index >= 15 is 0 Å². The molecule has 1 aliphatic rings. The predicted octanol–water partition coefficient (Wildman–Crippen LogP) is 2.10. The summed E-state index contributed by atoms with van der Waals surface area (Å²) in [5.41, 5.74) is -1.06. The van der Waals surface area contributed by atoms with E-state index in [-0.39, 0.29) is 11.8 Å². The Kier molecular flexibility index (Phi) is 4.73. The Morgan fingerprint density at radius 2 is 2.24 bits per heavy atom. The minimum atomic E-state index is -1.06. The van der Waals surface area contributed by atoms with Crippen molar-refractivity contribution >= 4 is 11.9 Å². The van der Waals surface area contributed by atoms with Crippen molar-refractivity contribution in [3.05, 3.63) is 12.7 Å². The summed E-state index contributed by atoms with van der Waals surface area (Å²) in [5.74, 6) is -1.11. The molecule has 0 aliphatic heterocycles. The maximum Gasteiger partial charge on any atom is 0.329 e. The Hall–Kier alpha value is -1.32. The summed E-state index contributed by atoms with van der Waals surface area (Å²) >= 11 is 0. The predicted molar refractivity (Wildman–Crippen MR) is 65.6 cm³/mol. The zero-order valence-corrected chi connectivity index (χ0v) is 10.4. The van der Waals surface area contributed by atoms with Crippen molar-refractivity contribution in [3.63, 3.8) is 0 Å². The van der Waals surface area contributed by atoms with E-state index in [1.807, 2.05) is 6.92 Å². The Bertz CT molecular complexity index is 314. The molecule has 0 radical (unpaired) electrons. The van der Waals surface area contributed by atoms with Gasteiger partial charge in [0, 0.05) is 6.42 Å². The number of hydrogen-bond acceptors (Lipinski definition) is 2. The summed E-state index contributed by atoms with van der Waals surface area (Å²) in [6.45, 7) is 5.45. The van der Waals surface area contributed by atoms with Crippen LogP contribution in [0, 0.1) is 5.92 Å². The van der Waals surface area contributed by atoms with Crippen LogP contribution in [0.2, 0.25) is 0 Å². The molecule has 1 rings (SSSR count). The molecule has 0 aromatic carbocycles. The fraction of sp³-hybridized carbons (Fsp3) is 0.692. The molecule has 0 aromatic heterocycles. The van der Waals surface area contributed by atoms with Crippen molar-refractivity contribution in [2.75, 3.05) is 0 Å². The van der Waals surface area contributed by atoms with E-state index in [1.54, 1.807) is 6.08 Å². The van der Waals surface area contributed by atoms with Crippen LogP contribution in [0.5, 0.6) is 0 Å². The Balaban J connectivity index is 2.74. The Morgan fingerprint density at radius 3 is 2.76 bits per heavy atom. The van der Waals surface area contributed by atoms with Crippen molar-refractivity contribution in [3.8, 4) is 0 Å². The second-order valence-electron chi connectivity index (χ2n) is 4.80. The zero-order valence-electron chi connectivity index (χ0n) is 10.4. The highest BCUT2D eigenvalue weighted by molar-refractivity contribution is 5.87. The smallest absolute Gasteiger partial charge is 0.329 e. The lowest BCUT2D eigenvalue weighted by atomic mass is 9.73. The van der Waals surface area contributed by atoms with E-state index in [4.69, 9.17) is 0 Å². The van der Waals surface area contributed by atoms with Gasteiger partial charge in [0.25, 0.3) is 0 Å². The van der Waals surface area contributed by atoms with Crippen molar-refractivity contribution in [1.29, 1.82) is 0 Å². The van der Waals surface area contributed by atoms with Crippen LogP contribution >= 0.6 is 0 Å². The number of carbonyl (C=O) groups excluding carboxylic acids is 1. The lowest BCUT2D eigenvalue weighted by Gasteiger charge is -2.39. The highest BCUT2D eigenvalue weighted by atomic mass is 16.4. The fourth-order valence-corrected chi connectivity index (χ4v) is 2.45. The van der Waals surface area contributed by atoms with Crippen LogP contribution in [0.4, 0.5) is 0 Å². The third-order valence-corrected chi connectivity index (χ3v) is 3.62. The molecule has 17 heavy (non-hydrogen) atoms. The van der Waals surface area contributed by atoms with E-state index < -0.39 is 11.5 Å². The Labute approximate surface area is 102 Å². The molecule has 0 spiro atoms. The second kappa shape index (κ2) is 5.84. The van der Waals surface area contributed by atoms with E-state index in [9.17, 15) is 14.7 Å². The molecule has 1 amide bonds. The number of nitrogens with one attached hydrogen (secondary N) is 1. The lowest BCUT2D eigenvalue weighted by Crippen LogP contribution is -2.59. The highest BCUT2D eigenvalue weighted by Gasteiger charge is 2.46. The molecule has 2 N–H and O–H groups in total. The number of amides is 1. The largest absolute Gasteiger partial charge is 0.479 e. The third-order valence-electron chi connectivity index (χ3n) is 3.62. The number of allylic oxidation sites excluding steroid dienone is 1. The normalized spacial score (nSPS) is 28.4. The van der Waals surface area contributed by atoms with Crippen molar-refractivity contribution in [2.24, 2.45) is 5.92 Å². The van der Waals surface area contributed by atoms with Crippen LogP contribution in [0.25, 0.3) is 0 Å². The quantitative estimate of drug-likeness (QED) is 0.722. The molecule has 2 unspecified atom stereocenters. The van der Waals surface area contributed by atoms with Gasteiger partial charge in [-0.05, 0) is 25.2 Å². The molecule has 1 fully saturated rings. The molecule has 96 valence electrons. The van der Waals surface area contributed by atoms with Crippen LogP contribution < -0.4 is 5.32 Å². The van der Waals surface area contributed by atoms with Gasteiger partial charge in [-0.15, -0.1) is 6.58 Å². The maximum absolute atomic E-state index is 11.7. The molecule has 1 aliphatic carbocycles. The van der Waals surface area contributed by atoms with Crippen LogP contribution in [-0.4, -0.2) is 22.5 Å². The minimum Gasteiger partial charge on any atom is -0.479 e. The first-order valence-electron chi connectivity index (χ1n) is 6.18. The summed E-state index contributed by atoms with van der Waals surface area (Å²) < 4.78 is 0. The number of carbonyl (C=O) groups is 2. The summed E-state index contributed by atoms with van der Waals surface area (Å²) in [4.78, 5) is 23.2. The first-order chi connectivity index (χ1) is 8.03. The minimum absolute atomic E-state index is 0.0126. The van der Waals surface area contributed by atoms with Gasteiger partial charge < -0.3 is 10.4 Å².